The minimum absolute atomic E-state index is 0.144. The first-order chi connectivity index (χ1) is 14.1. The standard InChI is InChI=1S/C24H21ClN2O2/c1-18-16-21(13-14-22(18)25)29-17-24(28)27-26-23(20-10-6-3-7-11-20)15-12-19-8-4-2-5-9-19/h2-16H,17H2,1H3,(H,27,28)/b15-12+,26-23-. The third-order valence-electron chi connectivity index (χ3n) is 4.10. The zero-order valence-corrected chi connectivity index (χ0v) is 16.8. The average Bonchev–Trinajstić information content (AvgIpc) is 2.76. The molecule has 5 heteroatoms. The molecular weight excluding hydrogens is 384 g/mol. The number of amides is 1. The number of nitrogens with one attached hydrogen (secondary N) is 1. The Balaban J connectivity index is 1.67. The van der Waals surface area contributed by atoms with Crippen LogP contribution in [0.4, 0.5) is 0 Å². The normalized spacial score (nSPS) is 11.4. The van der Waals surface area contributed by atoms with Crippen molar-refractivity contribution < 1.29 is 9.53 Å². The van der Waals surface area contributed by atoms with E-state index < -0.39 is 0 Å². The molecule has 0 aromatic heterocycles. The van der Waals surface area contributed by atoms with Crippen molar-refractivity contribution in [3.05, 3.63) is 107 Å². The molecule has 0 heterocycles. The molecule has 0 atom stereocenters. The van der Waals surface area contributed by atoms with Gasteiger partial charge in [-0.15, -0.1) is 0 Å². The largest absolute Gasteiger partial charge is 0.484 e. The third kappa shape index (κ3) is 6.33. The van der Waals surface area contributed by atoms with Crippen LogP contribution in [0.5, 0.6) is 5.75 Å². The van der Waals surface area contributed by atoms with E-state index in [1.807, 2.05) is 79.7 Å². The van der Waals surface area contributed by atoms with Crippen molar-refractivity contribution in [1.82, 2.24) is 5.43 Å². The summed E-state index contributed by atoms with van der Waals surface area (Å²) in [7, 11) is 0. The summed E-state index contributed by atoms with van der Waals surface area (Å²) in [5.74, 6) is 0.234. The Kier molecular flexibility index (Phi) is 7.20. The lowest BCUT2D eigenvalue weighted by atomic mass is 10.1. The zero-order chi connectivity index (χ0) is 20.5. The van der Waals surface area contributed by atoms with E-state index in [1.54, 1.807) is 18.2 Å². The van der Waals surface area contributed by atoms with Gasteiger partial charge in [-0.1, -0.05) is 78.3 Å². The van der Waals surface area contributed by atoms with E-state index in [0.717, 1.165) is 16.7 Å². The maximum atomic E-state index is 12.2. The predicted octanol–water partition coefficient (Wildman–Crippen LogP) is 5.26. The van der Waals surface area contributed by atoms with Crippen LogP contribution >= 0.6 is 11.6 Å². The summed E-state index contributed by atoms with van der Waals surface area (Å²) in [5, 5.41) is 4.94. The van der Waals surface area contributed by atoms with Gasteiger partial charge >= 0.3 is 0 Å². The van der Waals surface area contributed by atoms with E-state index in [4.69, 9.17) is 16.3 Å². The summed E-state index contributed by atoms with van der Waals surface area (Å²) >= 11 is 6.00. The second-order valence-corrected chi connectivity index (χ2v) is 6.75. The van der Waals surface area contributed by atoms with Crippen LogP contribution in [0.2, 0.25) is 5.02 Å². The van der Waals surface area contributed by atoms with E-state index in [9.17, 15) is 4.79 Å². The summed E-state index contributed by atoms with van der Waals surface area (Å²) in [6.45, 7) is 1.74. The number of carbonyl (C=O) groups excluding carboxylic acids is 1. The van der Waals surface area contributed by atoms with Gasteiger partial charge in [0.25, 0.3) is 5.91 Å². The number of hydrogen-bond acceptors (Lipinski definition) is 3. The molecule has 0 radical (unpaired) electrons. The van der Waals surface area contributed by atoms with Crippen LogP contribution in [0.3, 0.4) is 0 Å². The first-order valence-electron chi connectivity index (χ1n) is 9.16. The molecule has 3 aromatic carbocycles. The zero-order valence-electron chi connectivity index (χ0n) is 16.0. The van der Waals surface area contributed by atoms with Crippen LogP contribution in [0.15, 0.2) is 90.0 Å². The lowest BCUT2D eigenvalue weighted by Crippen LogP contribution is -2.25. The highest BCUT2D eigenvalue weighted by molar-refractivity contribution is 6.31. The van der Waals surface area contributed by atoms with Gasteiger partial charge in [0.05, 0.1) is 5.71 Å². The van der Waals surface area contributed by atoms with Crippen LogP contribution in [0.1, 0.15) is 16.7 Å². The van der Waals surface area contributed by atoms with Gasteiger partial charge in [0.15, 0.2) is 6.61 Å². The SMILES string of the molecule is Cc1cc(OCC(=O)N/N=C(/C=C/c2ccccc2)c2ccccc2)ccc1Cl. The minimum atomic E-state index is -0.348. The predicted molar refractivity (Wildman–Crippen MR) is 118 cm³/mol. The molecule has 4 nitrogen and oxygen atoms in total. The molecular formula is C24H21ClN2O2. The van der Waals surface area contributed by atoms with Crippen molar-refractivity contribution in [2.24, 2.45) is 5.10 Å². The van der Waals surface area contributed by atoms with Crippen molar-refractivity contribution >= 4 is 29.3 Å². The van der Waals surface area contributed by atoms with Gasteiger partial charge in [0, 0.05) is 10.6 Å². The van der Waals surface area contributed by atoms with E-state index in [1.165, 1.54) is 0 Å². The molecule has 1 amide bonds. The first kappa shape index (κ1) is 20.4. The van der Waals surface area contributed by atoms with Gasteiger partial charge in [-0.25, -0.2) is 5.43 Å². The maximum Gasteiger partial charge on any atom is 0.277 e. The highest BCUT2D eigenvalue weighted by Gasteiger charge is 2.05. The van der Waals surface area contributed by atoms with Gasteiger partial charge in [-0.3, -0.25) is 4.79 Å². The Morgan fingerprint density at radius 1 is 1.03 bits per heavy atom. The highest BCUT2D eigenvalue weighted by atomic mass is 35.5. The fourth-order valence-electron chi connectivity index (χ4n) is 2.56. The molecule has 1 N–H and O–H groups in total. The van der Waals surface area contributed by atoms with Crippen LogP contribution < -0.4 is 10.2 Å². The maximum absolute atomic E-state index is 12.2. The number of rotatable bonds is 7. The lowest BCUT2D eigenvalue weighted by Gasteiger charge is -2.07. The van der Waals surface area contributed by atoms with E-state index in [2.05, 4.69) is 10.5 Å². The summed E-state index contributed by atoms with van der Waals surface area (Å²) in [6.07, 6.45) is 3.82. The Morgan fingerprint density at radius 3 is 2.41 bits per heavy atom. The molecule has 0 unspecified atom stereocenters. The van der Waals surface area contributed by atoms with E-state index >= 15 is 0 Å². The molecule has 0 aliphatic rings. The summed E-state index contributed by atoms with van der Waals surface area (Å²) in [5.41, 5.74) is 6.04. The molecule has 0 aliphatic heterocycles. The van der Waals surface area contributed by atoms with Crippen LogP contribution in [-0.2, 0) is 4.79 Å². The minimum Gasteiger partial charge on any atom is -0.484 e. The second kappa shape index (κ2) is 10.2. The number of aryl methyl sites for hydroxylation is 1. The van der Waals surface area contributed by atoms with E-state index in [0.29, 0.717) is 16.5 Å². The number of ether oxygens (including phenoxy) is 1. The van der Waals surface area contributed by atoms with Crippen LogP contribution in [-0.4, -0.2) is 18.2 Å². The molecule has 0 bridgehead atoms. The first-order valence-corrected chi connectivity index (χ1v) is 9.53. The van der Waals surface area contributed by atoms with Crippen molar-refractivity contribution in [2.45, 2.75) is 6.92 Å². The van der Waals surface area contributed by atoms with Gasteiger partial charge in [0.2, 0.25) is 0 Å². The van der Waals surface area contributed by atoms with Gasteiger partial charge in [-0.05, 0) is 42.3 Å². The van der Waals surface area contributed by atoms with Crippen LogP contribution in [0, 0.1) is 6.92 Å². The molecule has 0 saturated heterocycles. The molecule has 146 valence electrons. The topological polar surface area (TPSA) is 50.7 Å². The summed E-state index contributed by atoms with van der Waals surface area (Å²) in [4.78, 5) is 12.2. The quantitative estimate of drug-likeness (QED) is 0.431. The summed E-state index contributed by atoms with van der Waals surface area (Å²) < 4.78 is 5.51. The van der Waals surface area contributed by atoms with Gasteiger partial charge in [0.1, 0.15) is 5.75 Å². The number of hydrogen-bond donors (Lipinski definition) is 1. The number of nitrogens with zero attached hydrogens (tertiary/aromatic N) is 1. The number of carbonyl (C=O) groups is 1. The van der Waals surface area contributed by atoms with Crippen molar-refractivity contribution in [3.8, 4) is 5.75 Å². The number of hydrazone groups is 1. The van der Waals surface area contributed by atoms with Crippen molar-refractivity contribution in [1.29, 1.82) is 0 Å². The molecule has 3 aromatic rings. The van der Waals surface area contributed by atoms with Gasteiger partial charge < -0.3 is 4.74 Å². The van der Waals surface area contributed by atoms with Crippen LogP contribution in [0.25, 0.3) is 6.08 Å². The molecule has 0 saturated carbocycles. The fraction of sp³-hybridized carbons (Fsp3) is 0.0833. The molecule has 29 heavy (non-hydrogen) atoms. The number of allylic oxidation sites excluding steroid dienone is 1. The number of halogens is 1. The highest BCUT2D eigenvalue weighted by Crippen LogP contribution is 2.20. The second-order valence-electron chi connectivity index (χ2n) is 6.34. The molecule has 0 aliphatic carbocycles. The molecule has 0 spiro atoms. The Morgan fingerprint density at radius 2 is 1.72 bits per heavy atom. The number of benzene rings is 3. The fourth-order valence-corrected chi connectivity index (χ4v) is 2.67. The smallest absolute Gasteiger partial charge is 0.277 e. The van der Waals surface area contributed by atoms with Gasteiger partial charge in [-0.2, -0.15) is 5.10 Å². The Bertz CT molecular complexity index is 1020. The molecule has 3 rings (SSSR count). The average molecular weight is 405 g/mol. The molecule has 0 fully saturated rings. The monoisotopic (exact) mass is 404 g/mol. The lowest BCUT2D eigenvalue weighted by molar-refractivity contribution is -0.123. The van der Waals surface area contributed by atoms with E-state index in [-0.39, 0.29) is 12.5 Å². The van der Waals surface area contributed by atoms with Crippen molar-refractivity contribution in [2.75, 3.05) is 6.61 Å². The Labute approximate surface area is 175 Å². The Hall–Kier alpha value is -3.37. The summed E-state index contributed by atoms with van der Waals surface area (Å²) in [6, 6.07) is 24.8. The van der Waals surface area contributed by atoms with Crippen molar-refractivity contribution in [3.63, 3.8) is 0 Å². The third-order valence-corrected chi connectivity index (χ3v) is 4.53.